The van der Waals surface area contributed by atoms with E-state index in [4.69, 9.17) is 0 Å². The van der Waals surface area contributed by atoms with Crippen molar-refractivity contribution in [3.05, 3.63) is 69.6 Å². The van der Waals surface area contributed by atoms with Crippen LogP contribution in [0.25, 0.3) is 11.3 Å². The van der Waals surface area contributed by atoms with Crippen LogP contribution in [0, 0.1) is 10.1 Å². The summed E-state index contributed by atoms with van der Waals surface area (Å²) in [5.41, 5.74) is 6.11. The van der Waals surface area contributed by atoms with Crippen molar-refractivity contribution >= 4 is 27.9 Å². The Bertz CT molecular complexity index is 918. The Morgan fingerprint density at radius 1 is 1.20 bits per heavy atom. The van der Waals surface area contributed by atoms with Crippen molar-refractivity contribution in [1.82, 2.24) is 4.98 Å². The summed E-state index contributed by atoms with van der Waals surface area (Å²) < 4.78 is 0. The summed E-state index contributed by atoms with van der Waals surface area (Å²) in [6.07, 6.45) is 0. The van der Waals surface area contributed by atoms with Crippen molar-refractivity contribution in [2.45, 2.75) is 6.92 Å². The first kappa shape index (κ1) is 16.6. The molecule has 0 radical (unpaired) electrons. The highest BCUT2D eigenvalue weighted by molar-refractivity contribution is 7.14. The molecule has 0 spiro atoms. The van der Waals surface area contributed by atoms with Crippen LogP contribution in [0.3, 0.4) is 0 Å². The van der Waals surface area contributed by atoms with Gasteiger partial charge in [-0.3, -0.25) is 15.5 Å². The maximum atomic E-state index is 10.7. The standard InChI is InChI=1S/C17H14N4O3S/c1-11(12-4-8-15(22)9-5-12)19-20-17-18-16(10-25-17)13-2-6-14(7-3-13)21(23)24/h2-10,22H,1H3,(H,18,20)/b19-11-. The molecular formula is C17H14N4O3S. The fourth-order valence-electron chi connectivity index (χ4n) is 2.11. The second-order valence-corrected chi connectivity index (χ2v) is 6.06. The third-order valence-corrected chi connectivity index (χ3v) is 4.23. The van der Waals surface area contributed by atoms with Gasteiger partial charge in [0.1, 0.15) is 5.75 Å². The molecule has 0 fully saturated rings. The summed E-state index contributed by atoms with van der Waals surface area (Å²) in [6.45, 7) is 1.85. The largest absolute Gasteiger partial charge is 0.508 e. The van der Waals surface area contributed by atoms with Gasteiger partial charge < -0.3 is 5.11 Å². The van der Waals surface area contributed by atoms with Crippen molar-refractivity contribution in [1.29, 1.82) is 0 Å². The molecule has 25 heavy (non-hydrogen) atoms. The van der Waals surface area contributed by atoms with Crippen LogP contribution < -0.4 is 5.43 Å². The summed E-state index contributed by atoms with van der Waals surface area (Å²) in [6, 6.07) is 13.0. The van der Waals surface area contributed by atoms with Gasteiger partial charge in [-0.15, -0.1) is 11.3 Å². The Balaban J connectivity index is 1.72. The molecule has 1 heterocycles. The lowest BCUT2D eigenvalue weighted by molar-refractivity contribution is -0.384. The smallest absolute Gasteiger partial charge is 0.269 e. The highest BCUT2D eigenvalue weighted by Gasteiger charge is 2.08. The van der Waals surface area contributed by atoms with Crippen LogP contribution >= 0.6 is 11.3 Å². The number of anilines is 1. The monoisotopic (exact) mass is 354 g/mol. The third kappa shape index (κ3) is 3.99. The number of hydrazone groups is 1. The van der Waals surface area contributed by atoms with Crippen molar-refractivity contribution in [3.63, 3.8) is 0 Å². The van der Waals surface area contributed by atoms with Crippen molar-refractivity contribution < 1.29 is 10.0 Å². The second-order valence-electron chi connectivity index (χ2n) is 5.20. The first-order valence-corrected chi connectivity index (χ1v) is 8.21. The number of phenols is 1. The molecule has 0 atom stereocenters. The minimum absolute atomic E-state index is 0.0476. The van der Waals surface area contributed by atoms with E-state index in [0.717, 1.165) is 22.5 Å². The zero-order valence-corrected chi connectivity index (χ0v) is 14.0. The fraction of sp³-hybridized carbons (Fsp3) is 0.0588. The Morgan fingerprint density at radius 3 is 2.52 bits per heavy atom. The minimum Gasteiger partial charge on any atom is -0.508 e. The Hall–Kier alpha value is -3.26. The maximum Gasteiger partial charge on any atom is 0.269 e. The number of nitro benzene ring substituents is 1. The number of non-ortho nitro benzene ring substituents is 1. The topological polar surface area (TPSA) is 101 Å². The zero-order chi connectivity index (χ0) is 17.8. The van der Waals surface area contributed by atoms with Crippen LogP contribution in [-0.2, 0) is 0 Å². The number of rotatable bonds is 5. The SMILES string of the molecule is C/C(=N/Nc1nc(-c2ccc([N+](=O)[O-])cc2)cs1)c1ccc(O)cc1. The second kappa shape index (κ2) is 7.10. The summed E-state index contributed by atoms with van der Waals surface area (Å²) in [5, 5.41) is 26.7. The summed E-state index contributed by atoms with van der Waals surface area (Å²) in [7, 11) is 0. The van der Waals surface area contributed by atoms with E-state index in [1.807, 2.05) is 12.3 Å². The van der Waals surface area contributed by atoms with Crippen LogP contribution in [-0.4, -0.2) is 20.7 Å². The number of aromatic hydroxyl groups is 1. The molecule has 8 heteroatoms. The van der Waals surface area contributed by atoms with E-state index in [2.05, 4.69) is 15.5 Å². The van der Waals surface area contributed by atoms with Gasteiger partial charge in [0, 0.05) is 23.1 Å². The molecule has 0 amide bonds. The number of hydrogen-bond acceptors (Lipinski definition) is 7. The van der Waals surface area contributed by atoms with Gasteiger partial charge in [-0.25, -0.2) is 4.98 Å². The van der Waals surface area contributed by atoms with E-state index in [0.29, 0.717) is 5.13 Å². The molecule has 0 saturated heterocycles. The Kier molecular flexibility index (Phi) is 4.71. The fourth-order valence-corrected chi connectivity index (χ4v) is 2.77. The molecule has 0 saturated carbocycles. The number of benzene rings is 2. The normalized spacial score (nSPS) is 11.3. The Labute approximate surface area is 147 Å². The van der Waals surface area contributed by atoms with E-state index in [1.165, 1.54) is 23.5 Å². The van der Waals surface area contributed by atoms with Crippen LogP contribution in [0.1, 0.15) is 12.5 Å². The predicted molar refractivity (Wildman–Crippen MR) is 98.1 cm³/mol. The van der Waals surface area contributed by atoms with Crippen molar-refractivity contribution in [2.24, 2.45) is 5.10 Å². The molecule has 0 bridgehead atoms. The highest BCUT2D eigenvalue weighted by atomic mass is 32.1. The number of phenolic OH excluding ortho intramolecular Hbond substituents is 1. The van der Waals surface area contributed by atoms with Crippen LogP contribution in [0.5, 0.6) is 5.75 Å². The van der Waals surface area contributed by atoms with Crippen LogP contribution in [0.2, 0.25) is 0 Å². The van der Waals surface area contributed by atoms with E-state index in [1.54, 1.807) is 36.4 Å². The molecular weight excluding hydrogens is 340 g/mol. The molecule has 7 nitrogen and oxygen atoms in total. The lowest BCUT2D eigenvalue weighted by atomic mass is 10.1. The number of nitro groups is 1. The van der Waals surface area contributed by atoms with Gasteiger partial charge in [0.2, 0.25) is 5.13 Å². The average Bonchev–Trinajstić information content (AvgIpc) is 3.09. The van der Waals surface area contributed by atoms with Gasteiger partial charge in [-0.2, -0.15) is 5.10 Å². The van der Waals surface area contributed by atoms with Gasteiger partial charge in [0.05, 0.1) is 16.3 Å². The molecule has 0 aliphatic heterocycles. The maximum absolute atomic E-state index is 10.7. The number of thiazole rings is 1. The lowest BCUT2D eigenvalue weighted by Crippen LogP contribution is -1.99. The quantitative estimate of drug-likeness (QED) is 0.405. The molecule has 126 valence electrons. The van der Waals surface area contributed by atoms with E-state index in [9.17, 15) is 15.2 Å². The first-order valence-electron chi connectivity index (χ1n) is 7.33. The molecule has 0 unspecified atom stereocenters. The molecule has 2 N–H and O–H groups in total. The van der Waals surface area contributed by atoms with E-state index < -0.39 is 4.92 Å². The number of nitrogens with zero attached hydrogens (tertiary/aromatic N) is 3. The van der Waals surface area contributed by atoms with Crippen LogP contribution in [0.4, 0.5) is 10.8 Å². The van der Waals surface area contributed by atoms with E-state index in [-0.39, 0.29) is 11.4 Å². The summed E-state index contributed by atoms with van der Waals surface area (Å²) in [5.74, 6) is 0.206. The minimum atomic E-state index is -0.432. The number of nitrogens with one attached hydrogen (secondary N) is 1. The van der Waals surface area contributed by atoms with Crippen LogP contribution in [0.15, 0.2) is 59.0 Å². The van der Waals surface area contributed by atoms with Crippen molar-refractivity contribution in [3.8, 4) is 17.0 Å². The zero-order valence-electron chi connectivity index (χ0n) is 13.2. The lowest BCUT2D eigenvalue weighted by Gasteiger charge is -2.01. The highest BCUT2D eigenvalue weighted by Crippen LogP contribution is 2.26. The van der Waals surface area contributed by atoms with Crippen molar-refractivity contribution in [2.75, 3.05) is 5.43 Å². The third-order valence-electron chi connectivity index (χ3n) is 3.48. The Morgan fingerprint density at radius 2 is 1.88 bits per heavy atom. The molecule has 3 aromatic rings. The molecule has 2 aromatic carbocycles. The number of hydrogen-bond donors (Lipinski definition) is 2. The molecule has 0 aliphatic rings. The molecule has 3 rings (SSSR count). The summed E-state index contributed by atoms with van der Waals surface area (Å²) >= 11 is 1.39. The first-order chi connectivity index (χ1) is 12.0. The summed E-state index contributed by atoms with van der Waals surface area (Å²) in [4.78, 5) is 14.7. The van der Waals surface area contributed by atoms with Gasteiger partial charge >= 0.3 is 0 Å². The number of aromatic nitrogens is 1. The van der Waals surface area contributed by atoms with E-state index >= 15 is 0 Å². The predicted octanol–water partition coefficient (Wildman–Crippen LogP) is 4.26. The van der Waals surface area contributed by atoms with Gasteiger partial charge in [-0.1, -0.05) is 0 Å². The van der Waals surface area contributed by atoms with Gasteiger partial charge in [0.15, 0.2) is 0 Å². The molecule has 0 aliphatic carbocycles. The molecule has 1 aromatic heterocycles. The average molecular weight is 354 g/mol. The van der Waals surface area contributed by atoms with Gasteiger partial charge in [-0.05, 0) is 48.9 Å². The van der Waals surface area contributed by atoms with Gasteiger partial charge in [0.25, 0.3) is 5.69 Å².